The van der Waals surface area contributed by atoms with Crippen LogP contribution in [0.5, 0.6) is 11.5 Å². The van der Waals surface area contributed by atoms with E-state index in [0.717, 1.165) is 17.1 Å². The van der Waals surface area contributed by atoms with E-state index in [4.69, 9.17) is 15.2 Å². The molecule has 0 saturated heterocycles. The van der Waals surface area contributed by atoms with Crippen LogP contribution in [0.25, 0.3) is 0 Å². The minimum atomic E-state index is -0.633. The second-order valence-corrected chi connectivity index (χ2v) is 2.51. The summed E-state index contributed by atoms with van der Waals surface area (Å²) in [5, 5.41) is 0. The van der Waals surface area contributed by atoms with E-state index in [1.165, 1.54) is 0 Å². The normalized spacial score (nSPS) is 20.4. The highest BCUT2D eigenvalue weighted by Crippen LogP contribution is 2.35. The van der Waals surface area contributed by atoms with Gasteiger partial charge in [0.25, 0.3) is 6.41 Å². The van der Waals surface area contributed by atoms with Crippen LogP contribution in [-0.4, -0.2) is 6.41 Å². The summed E-state index contributed by atoms with van der Waals surface area (Å²) in [6, 6.07) is 5.71. The van der Waals surface area contributed by atoms with Crippen molar-refractivity contribution in [1.82, 2.24) is 0 Å². The first-order valence-corrected chi connectivity index (χ1v) is 3.46. The molecule has 0 aliphatic carbocycles. The third-order valence-electron chi connectivity index (χ3n) is 1.65. The van der Waals surface area contributed by atoms with Gasteiger partial charge in [0.15, 0.2) is 11.5 Å². The van der Waals surface area contributed by atoms with E-state index in [2.05, 4.69) is 0 Å². The molecule has 0 amide bonds. The SMILES string of the molecule is Cc1cccc2c1OC(N)O2. The molecule has 0 fully saturated rings. The van der Waals surface area contributed by atoms with Crippen molar-refractivity contribution in [3.05, 3.63) is 23.8 Å². The molecule has 1 aliphatic rings. The summed E-state index contributed by atoms with van der Waals surface area (Å²) in [6.45, 7) is 1.96. The van der Waals surface area contributed by atoms with Gasteiger partial charge in [-0.25, -0.2) is 0 Å². The van der Waals surface area contributed by atoms with Crippen LogP contribution in [0.4, 0.5) is 0 Å². The first kappa shape index (κ1) is 6.49. The Labute approximate surface area is 64.7 Å². The van der Waals surface area contributed by atoms with Gasteiger partial charge < -0.3 is 9.47 Å². The Balaban J connectivity index is 2.49. The Bertz CT molecular complexity index is 285. The number of fused-ring (bicyclic) bond motifs is 1. The van der Waals surface area contributed by atoms with E-state index in [-0.39, 0.29) is 0 Å². The first-order chi connectivity index (χ1) is 5.27. The van der Waals surface area contributed by atoms with Gasteiger partial charge in [0.2, 0.25) is 0 Å². The van der Waals surface area contributed by atoms with Crippen LogP contribution in [0.2, 0.25) is 0 Å². The number of aryl methyl sites for hydroxylation is 1. The molecule has 2 N–H and O–H groups in total. The molecular weight excluding hydrogens is 142 g/mol. The Morgan fingerprint density at radius 3 is 2.91 bits per heavy atom. The lowest BCUT2D eigenvalue weighted by atomic mass is 10.2. The Morgan fingerprint density at radius 1 is 1.36 bits per heavy atom. The fraction of sp³-hybridized carbons (Fsp3) is 0.250. The Hall–Kier alpha value is -1.22. The van der Waals surface area contributed by atoms with Gasteiger partial charge in [0.1, 0.15) is 0 Å². The summed E-state index contributed by atoms with van der Waals surface area (Å²) >= 11 is 0. The maximum absolute atomic E-state index is 5.41. The van der Waals surface area contributed by atoms with E-state index >= 15 is 0 Å². The minimum absolute atomic E-state index is 0.633. The van der Waals surface area contributed by atoms with Gasteiger partial charge in [-0.15, -0.1) is 0 Å². The summed E-state index contributed by atoms with van der Waals surface area (Å²) in [5.41, 5.74) is 6.46. The number of hydrogen-bond donors (Lipinski definition) is 1. The Morgan fingerprint density at radius 2 is 2.18 bits per heavy atom. The predicted octanol–water partition coefficient (Wildman–Crippen LogP) is 1.01. The van der Waals surface area contributed by atoms with Crippen LogP contribution in [0.3, 0.4) is 0 Å². The number of rotatable bonds is 0. The summed E-state index contributed by atoms with van der Waals surface area (Å²) in [7, 11) is 0. The number of benzene rings is 1. The lowest BCUT2D eigenvalue weighted by Gasteiger charge is -2.00. The van der Waals surface area contributed by atoms with Gasteiger partial charge >= 0.3 is 0 Å². The highest BCUT2D eigenvalue weighted by Gasteiger charge is 2.21. The number of nitrogens with two attached hydrogens (primary N) is 1. The third-order valence-corrected chi connectivity index (χ3v) is 1.65. The molecule has 1 atom stereocenters. The molecule has 0 bridgehead atoms. The van der Waals surface area contributed by atoms with Gasteiger partial charge in [-0.3, -0.25) is 5.73 Å². The van der Waals surface area contributed by atoms with Crippen molar-refractivity contribution in [2.45, 2.75) is 13.3 Å². The number of hydrogen-bond acceptors (Lipinski definition) is 3. The van der Waals surface area contributed by atoms with Crippen molar-refractivity contribution in [3.63, 3.8) is 0 Å². The maximum atomic E-state index is 5.41. The number of para-hydroxylation sites is 1. The molecule has 1 aromatic carbocycles. The zero-order chi connectivity index (χ0) is 7.84. The maximum Gasteiger partial charge on any atom is 0.300 e. The zero-order valence-electron chi connectivity index (χ0n) is 6.20. The van der Waals surface area contributed by atoms with Crippen LogP contribution in [0.1, 0.15) is 5.56 Å². The molecule has 1 aromatic rings. The van der Waals surface area contributed by atoms with Crippen molar-refractivity contribution in [3.8, 4) is 11.5 Å². The second-order valence-electron chi connectivity index (χ2n) is 2.51. The van der Waals surface area contributed by atoms with Gasteiger partial charge in [0.05, 0.1) is 0 Å². The molecule has 1 unspecified atom stereocenters. The van der Waals surface area contributed by atoms with Gasteiger partial charge in [-0.2, -0.15) is 0 Å². The summed E-state index contributed by atoms with van der Waals surface area (Å²) in [5.74, 6) is 1.50. The van der Waals surface area contributed by atoms with Crippen molar-refractivity contribution < 1.29 is 9.47 Å². The highest BCUT2D eigenvalue weighted by molar-refractivity contribution is 5.47. The summed E-state index contributed by atoms with van der Waals surface area (Å²) in [4.78, 5) is 0. The van der Waals surface area contributed by atoms with Gasteiger partial charge in [0, 0.05) is 0 Å². The molecule has 11 heavy (non-hydrogen) atoms. The number of ether oxygens (including phenoxy) is 2. The summed E-state index contributed by atoms with van der Waals surface area (Å²) < 4.78 is 10.3. The molecular formula is C8H9NO2. The molecule has 0 saturated carbocycles. The third kappa shape index (κ3) is 0.935. The average molecular weight is 151 g/mol. The molecule has 3 heteroatoms. The van der Waals surface area contributed by atoms with E-state index in [0.29, 0.717) is 0 Å². The van der Waals surface area contributed by atoms with E-state index in [1.54, 1.807) is 0 Å². The van der Waals surface area contributed by atoms with Crippen LogP contribution < -0.4 is 15.2 Å². The molecule has 3 nitrogen and oxygen atoms in total. The standard InChI is InChI=1S/C8H9NO2/c1-5-3-2-4-6-7(5)11-8(9)10-6/h2-4,8H,9H2,1H3. The van der Waals surface area contributed by atoms with Crippen molar-refractivity contribution >= 4 is 0 Å². The van der Waals surface area contributed by atoms with Crippen molar-refractivity contribution in [2.24, 2.45) is 5.73 Å². The first-order valence-electron chi connectivity index (χ1n) is 3.46. The summed E-state index contributed by atoms with van der Waals surface area (Å²) in [6.07, 6.45) is -0.633. The quantitative estimate of drug-likeness (QED) is 0.601. The fourth-order valence-electron chi connectivity index (χ4n) is 1.13. The van der Waals surface area contributed by atoms with Gasteiger partial charge in [-0.1, -0.05) is 12.1 Å². The average Bonchev–Trinajstić information content (AvgIpc) is 2.31. The highest BCUT2D eigenvalue weighted by atomic mass is 16.7. The molecule has 0 aromatic heterocycles. The predicted molar refractivity (Wildman–Crippen MR) is 40.4 cm³/mol. The molecule has 0 radical (unpaired) electrons. The topological polar surface area (TPSA) is 44.5 Å². The monoisotopic (exact) mass is 151 g/mol. The molecule has 1 heterocycles. The fourth-order valence-corrected chi connectivity index (χ4v) is 1.13. The van der Waals surface area contributed by atoms with Crippen LogP contribution in [0, 0.1) is 6.92 Å². The molecule has 58 valence electrons. The van der Waals surface area contributed by atoms with Gasteiger partial charge in [-0.05, 0) is 18.6 Å². The smallest absolute Gasteiger partial charge is 0.300 e. The lowest BCUT2D eigenvalue weighted by Crippen LogP contribution is -2.28. The van der Waals surface area contributed by atoms with E-state index in [1.807, 2.05) is 25.1 Å². The van der Waals surface area contributed by atoms with E-state index in [9.17, 15) is 0 Å². The van der Waals surface area contributed by atoms with Crippen LogP contribution in [0.15, 0.2) is 18.2 Å². The lowest BCUT2D eigenvalue weighted by molar-refractivity contribution is 0.0558. The van der Waals surface area contributed by atoms with Crippen LogP contribution >= 0.6 is 0 Å². The molecule has 0 spiro atoms. The van der Waals surface area contributed by atoms with Crippen molar-refractivity contribution in [1.29, 1.82) is 0 Å². The molecule has 2 rings (SSSR count). The minimum Gasteiger partial charge on any atom is -0.438 e. The Kier molecular flexibility index (Phi) is 1.26. The van der Waals surface area contributed by atoms with Crippen LogP contribution in [-0.2, 0) is 0 Å². The van der Waals surface area contributed by atoms with E-state index < -0.39 is 6.41 Å². The zero-order valence-corrected chi connectivity index (χ0v) is 6.20. The second kappa shape index (κ2) is 2.13. The molecule has 1 aliphatic heterocycles. The van der Waals surface area contributed by atoms with Crippen molar-refractivity contribution in [2.75, 3.05) is 0 Å². The largest absolute Gasteiger partial charge is 0.438 e.